The molecule has 0 bridgehead atoms. The Balaban J connectivity index is 2.40. The van der Waals surface area contributed by atoms with Gasteiger partial charge in [0, 0.05) is 11.6 Å². The van der Waals surface area contributed by atoms with E-state index in [0.29, 0.717) is 33.5 Å². The van der Waals surface area contributed by atoms with Crippen LogP contribution in [0.25, 0.3) is 6.08 Å². The van der Waals surface area contributed by atoms with E-state index in [-0.39, 0.29) is 18.2 Å². The summed E-state index contributed by atoms with van der Waals surface area (Å²) in [5.74, 6) is 0.602. The maximum Gasteiger partial charge on any atom is 0.262 e. The maximum absolute atomic E-state index is 12.2. The van der Waals surface area contributed by atoms with Crippen molar-refractivity contribution in [1.29, 1.82) is 5.26 Å². The highest BCUT2D eigenvalue weighted by atomic mass is 35.5. The predicted molar refractivity (Wildman–Crippen MR) is 125 cm³/mol. The van der Waals surface area contributed by atoms with Crippen LogP contribution in [0.1, 0.15) is 30.5 Å². The fourth-order valence-corrected chi connectivity index (χ4v) is 3.15. The minimum atomic E-state index is -0.429. The van der Waals surface area contributed by atoms with Gasteiger partial charge in [0.05, 0.1) is 17.2 Å². The average Bonchev–Trinajstić information content (AvgIpc) is 2.72. The molecule has 2 aromatic rings. The van der Waals surface area contributed by atoms with Crippen molar-refractivity contribution in [3.05, 3.63) is 75.3 Å². The number of nitriles is 1. The zero-order chi connectivity index (χ0) is 23.0. The van der Waals surface area contributed by atoms with Crippen LogP contribution >= 0.6 is 23.2 Å². The van der Waals surface area contributed by atoms with Gasteiger partial charge in [0.1, 0.15) is 18.2 Å². The van der Waals surface area contributed by atoms with Gasteiger partial charge in [-0.15, -0.1) is 6.58 Å². The average molecular weight is 459 g/mol. The van der Waals surface area contributed by atoms with Gasteiger partial charge in [0.2, 0.25) is 0 Å². The van der Waals surface area contributed by atoms with Gasteiger partial charge in [-0.2, -0.15) is 5.26 Å². The summed E-state index contributed by atoms with van der Waals surface area (Å²) in [7, 11) is 1.53. The molecule has 1 N–H and O–H groups in total. The van der Waals surface area contributed by atoms with Crippen LogP contribution in [-0.4, -0.2) is 19.1 Å². The SMILES string of the molecule is C=CCc1cc(/C=C(/C#N)C(=O)NC(C)C)cc(OC)c1OCc1ccc(Cl)c(Cl)c1. The monoisotopic (exact) mass is 458 g/mol. The Hall–Kier alpha value is -2.94. The number of methoxy groups -OCH3 is 1. The molecular formula is C24H24Cl2N2O3. The number of allylic oxidation sites excluding steroid dienone is 1. The van der Waals surface area contributed by atoms with Gasteiger partial charge in [-0.1, -0.05) is 35.3 Å². The van der Waals surface area contributed by atoms with E-state index >= 15 is 0 Å². The van der Waals surface area contributed by atoms with E-state index in [4.69, 9.17) is 32.7 Å². The molecule has 1 amide bonds. The first-order chi connectivity index (χ1) is 14.8. The van der Waals surface area contributed by atoms with Gasteiger partial charge >= 0.3 is 0 Å². The molecule has 0 saturated carbocycles. The number of carbonyl (C=O) groups excluding carboxylic acids is 1. The molecular weight excluding hydrogens is 435 g/mol. The van der Waals surface area contributed by atoms with Crippen molar-refractivity contribution in [3.8, 4) is 17.6 Å². The molecule has 0 aliphatic carbocycles. The molecule has 0 aliphatic rings. The molecule has 0 aromatic heterocycles. The van der Waals surface area contributed by atoms with Crippen LogP contribution in [0.2, 0.25) is 10.0 Å². The second-order valence-corrected chi connectivity index (χ2v) is 7.85. The molecule has 0 saturated heterocycles. The molecule has 162 valence electrons. The Kier molecular flexibility index (Phi) is 8.99. The van der Waals surface area contributed by atoms with Crippen LogP contribution < -0.4 is 14.8 Å². The van der Waals surface area contributed by atoms with Crippen LogP contribution in [0.15, 0.2) is 48.6 Å². The Bertz CT molecular complexity index is 1040. The van der Waals surface area contributed by atoms with Crippen molar-refractivity contribution in [2.75, 3.05) is 7.11 Å². The maximum atomic E-state index is 12.2. The van der Waals surface area contributed by atoms with E-state index in [2.05, 4.69) is 11.9 Å². The first-order valence-electron chi connectivity index (χ1n) is 9.60. The quantitative estimate of drug-likeness (QED) is 0.295. The van der Waals surface area contributed by atoms with Crippen molar-refractivity contribution in [3.63, 3.8) is 0 Å². The fourth-order valence-electron chi connectivity index (χ4n) is 2.83. The molecule has 5 nitrogen and oxygen atoms in total. The lowest BCUT2D eigenvalue weighted by atomic mass is 10.0. The van der Waals surface area contributed by atoms with Gasteiger partial charge in [-0.05, 0) is 61.7 Å². The number of carbonyl (C=O) groups is 1. The van der Waals surface area contributed by atoms with Crippen LogP contribution in [0.3, 0.4) is 0 Å². The van der Waals surface area contributed by atoms with E-state index in [1.165, 1.54) is 13.2 Å². The topological polar surface area (TPSA) is 71.4 Å². The zero-order valence-corrected chi connectivity index (χ0v) is 19.2. The smallest absolute Gasteiger partial charge is 0.262 e. The number of hydrogen-bond acceptors (Lipinski definition) is 4. The van der Waals surface area contributed by atoms with E-state index in [1.807, 2.05) is 32.0 Å². The molecule has 0 spiro atoms. The highest BCUT2D eigenvalue weighted by molar-refractivity contribution is 6.42. The second kappa shape index (κ2) is 11.5. The summed E-state index contributed by atoms with van der Waals surface area (Å²) in [6.45, 7) is 7.72. The second-order valence-electron chi connectivity index (χ2n) is 7.04. The van der Waals surface area contributed by atoms with Crippen LogP contribution in [-0.2, 0) is 17.8 Å². The van der Waals surface area contributed by atoms with Crippen molar-refractivity contribution < 1.29 is 14.3 Å². The first-order valence-corrected chi connectivity index (χ1v) is 10.4. The minimum Gasteiger partial charge on any atom is -0.493 e. The molecule has 0 fully saturated rings. The molecule has 0 atom stereocenters. The largest absolute Gasteiger partial charge is 0.493 e. The van der Waals surface area contributed by atoms with Crippen molar-refractivity contribution in [1.82, 2.24) is 5.32 Å². The Morgan fingerprint density at radius 3 is 2.58 bits per heavy atom. The minimum absolute atomic E-state index is 0.00443. The fraction of sp³-hybridized carbons (Fsp3) is 0.250. The van der Waals surface area contributed by atoms with Crippen molar-refractivity contribution >= 4 is 35.2 Å². The molecule has 2 aromatic carbocycles. The number of amides is 1. The van der Waals surface area contributed by atoms with Crippen LogP contribution in [0.4, 0.5) is 0 Å². The van der Waals surface area contributed by atoms with Gasteiger partial charge < -0.3 is 14.8 Å². The number of nitrogens with zero attached hydrogens (tertiary/aromatic N) is 1. The lowest BCUT2D eigenvalue weighted by Gasteiger charge is -2.16. The summed E-state index contributed by atoms with van der Waals surface area (Å²) in [4.78, 5) is 12.2. The van der Waals surface area contributed by atoms with Crippen LogP contribution in [0, 0.1) is 11.3 Å². The number of ether oxygens (including phenoxy) is 2. The van der Waals surface area contributed by atoms with E-state index < -0.39 is 5.91 Å². The van der Waals surface area contributed by atoms with Gasteiger partial charge in [-0.3, -0.25) is 4.79 Å². The van der Waals surface area contributed by atoms with E-state index in [0.717, 1.165) is 11.1 Å². The summed E-state index contributed by atoms with van der Waals surface area (Å²) < 4.78 is 11.6. The summed E-state index contributed by atoms with van der Waals surface area (Å²) in [5, 5.41) is 13.0. The Labute approximate surface area is 192 Å². The molecule has 0 radical (unpaired) electrons. The highest BCUT2D eigenvalue weighted by Gasteiger charge is 2.15. The van der Waals surface area contributed by atoms with E-state index in [9.17, 15) is 10.1 Å². The normalized spacial score (nSPS) is 11.1. The van der Waals surface area contributed by atoms with Gasteiger partial charge in [0.15, 0.2) is 11.5 Å². The zero-order valence-electron chi connectivity index (χ0n) is 17.7. The van der Waals surface area contributed by atoms with Gasteiger partial charge in [0.25, 0.3) is 5.91 Å². The molecule has 0 aliphatic heterocycles. The Morgan fingerprint density at radius 1 is 1.26 bits per heavy atom. The first kappa shape index (κ1) is 24.3. The number of benzene rings is 2. The standard InChI is InChI=1S/C24H24Cl2N2O3/c1-5-6-18-9-17(10-19(13-27)24(29)28-15(2)3)12-22(30-4)23(18)31-14-16-7-8-20(25)21(26)11-16/h5,7-12,15H,1,6,14H2,2-4H3,(H,28,29)/b19-10-. The van der Waals surface area contributed by atoms with Crippen molar-refractivity contribution in [2.24, 2.45) is 0 Å². The van der Waals surface area contributed by atoms with Crippen LogP contribution in [0.5, 0.6) is 11.5 Å². The molecule has 2 rings (SSSR count). The molecule has 31 heavy (non-hydrogen) atoms. The van der Waals surface area contributed by atoms with E-state index in [1.54, 1.807) is 24.3 Å². The third-order valence-electron chi connectivity index (χ3n) is 4.20. The lowest BCUT2D eigenvalue weighted by molar-refractivity contribution is -0.117. The summed E-state index contributed by atoms with van der Waals surface area (Å²) in [6.07, 6.45) is 3.77. The lowest BCUT2D eigenvalue weighted by Crippen LogP contribution is -2.30. The number of hydrogen-bond donors (Lipinski definition) is 1. The molecule has 0 unspecified atom stereocenters. The highest BCUT2D eigenvalue weighted by Crippen LogP contribution is 2.35. The number of rotatable bonds is 9. The molecule has 0 heterocycles. The summed E-state index contributed by atoms with van der Waals surface area (Å²) in [5.41, 5.74) is 2.31. The van der Waals surface area contributed by atoms with Gasteiger partial charge in [-0.25, -0.2) is 0 Å². The summed E-state index contributed by atoms with van der Waals surface area (Å²) >= 11 is 12.1. The Morgan fingerprint density at radius 2 is 2.00 bits per heavy atom. The number of halogens is 2. The molecule has 7 heteroatoms. The third kappa shape index (κ3) is 6.78. The summed E-state index contributed by atoms with van der Waals surface area (Å²) in [6, 6.07) is 10.7. The van der Waals surface area contributed by atoms with Crippen molar-refractivity contribution in [2.45, 2.75) is 32.9 Å². The number of nitrogens with one attached hydrogen (secondary N) is 1. The predicted octanol–water partition coefficient (Wildman–Crippen LogP) is 5.74. The third-order valence-corrected chi connectivity index (χ3v) is 4.94.